The van der Waals surface area contributed by atoms with E-state index in [4.69, 9.17) is 0 Å². The average molecular weight is 542 g/mol. The molecule has 0 saturated heterocycles. The van der Waals surface area contributed by atoms with E-state index >= 15 is 0 Å². The molecule has 0 spiro atoms. The molecule has 212 valence electrons. The van der Waals surface area contributed by atoms with E-state index in [1.807, 2.05) is 13.0 Å². The van der Waals surface area contributed by atoms with E-state index in [9.17, 15) is 46.5 Å². The predicted octanol–water partition coefficient (Wildman–Crippen LogP) is 4.96. The summed E-state index contributed by atoms with van der Waals surface area (Å²) in [6.07, 6.45) is -5.32. The van der Waals surface area contributed by atoms with Crippen molar-refractivity contribution in [3.63, 3.8) is 0 Å². The van der Waals surface area contributed by atoms with Crippen LogP contribution in [0.15, 0.2) is 23.3 Å². The van der Waals surface area contributed by atoms with Gasteiger partial charge in [-0.3, -0.25) is 4.79 Å². The topological polar surface area (TPSA) is 89.8 Å². The molecule has 3 fully saturated rings. The molecule has 1 amide bonds. The smallest absolute Gasteiger partial charge is 0.393 e. The summed E-state index contributed by atoms with van der Waals surface area (Å²) in [5.74, 6) is -1.32. The van der Waals surface area contributed by atoms with Gasteiger partial charge in [0.05, 0.1) is 18.6 Å². The lowest BCUT2D eigenvalue weighted by atomic mass is 9.61. The fourth-order valence-electron chi connectivity index (χ4n) is 6.82. The van der Waals surface area contributed by atoms with Gasteiger partial charge in [-0.05, 0) is 74.5 Å². The van der Waals surface area contributed by atoms with E-state index < -0.39 is 42.5 Å². The van der Waals surface area contributed by atoms with E-state index in [0.29, 0.717) is 19.3 Å². The van der Waals surface area contributed by atoms with Gasteiger partial charge in [-0.2, -0.15) is 26.3 Å². The van der Waals surface area contributed by atoms with Crippen LogP contribution < -0.4 is 5.32 Å². The van der Waals surface area contributed by atoms with Gasteiger partial charge in [0.1, 0.15) is 0 Å². The maximum absolute atomic E-state index is 12.9. The third kappa shape index (κ3) is 6.36. The second-order valence-electron chi connectivity index (χ2n) is 11.4. The van der Waals surface area contributed by atoms with Crippen LogP contribution >= 0.6 is 0 Å². The zero-order chi connectivity index (χ0) is 27.8. The minimum atomic E-state index is -6.03. The van der Waals surface area contributed by atoms with Crippen molar-refractivity contribution in [2.24, 2.45) is 23.2 Å². The molecule has 6 atom stereocenters. The molecule has 0 radical (unpaired) electrons. The first kappa shape index (κ1) is 30.0. The number of fused-ring (bicyclic) bond motifs is 1. The largest absolute Gasteiger partial charge is 0.426 e. The van der Waals surface area contributed by atoms with Crippen molar-refractivity contribution >= 4 is 5.91 Å². The van der Waals surface area contributed by atoms with Gasteiger partial charge in [0.25, 0.3) is 5.60 Å². The lowest BCUT2D eigenvalue weighted by Gasteiger charge is -2.44. The molecule has 3 aliphatic rings. The number of carbonyl (C=O) groups excluding carboxylic acids is 1. The quantitative estimate of drug-likeness (QED) is 0.358. The van der Waals surface area contributed by atoms with Crippen LogP contribution in [-0.4, -0.2) is 57.9 Å². The summed E-state index contributed by atoms with van der Waals surface area (Å²) in [5, 5.41) is 31.3. The van der Waals surface area contributed by atoms with Gasteiger partial charge in [-0.25, -0.2) is 0 Å². The number of allylic oxidation sites excluding steroid dienone is 3. The lowest BCUT2D eigenvalue weighted by molar-refractivity contribution is -0.367. The number of aliphatic hydroxyl groups is 3. The highest BCUT2D eigenvalue weighted by Gasteiger charge is 2.71. The van der Waals surface area contributed by atoms with Gasteiger partial charge in [0.2, 0.25) is 5.91 Å². The van der Waals surface area contributed by atoms with Crippen LogP contribution in [0.4, 0.5) is 26.3 Å². The fourth-order valence-corrected chi connectivity index (χ4v) is 6.82. The molecule has 0 bridgehead atoms. The zero-order valence-corrected chi connectivity index (χ0v) is 21.1. The predicted molar refractivity (Wildman–Crippen MR) is 124 cm³/mol. The average Bonchev–Trinajstić information content (AvgIpc) is 3.11. The van der Waals surface area contributed by atoms with Crippen LogP contribution in [-0.2, 0) is 4.79 Å². The van der Waals surface area contributed by atoms with Gasteiger partial charge in [0.15, 0.2) is 0 Å². The van der Waals surface area contributed by atoms with Crippen LogP contribution in [0.5, 0.6) is 0 Å². The summed E-state index contributed by atoms with van der Waals surface area (Å²) in [7, 11) is 0. The number of amides is 1. The normalized spacial score (nSPS) is 33.3. The molecule has 11 heteroatoms. The molecule has 0 aromatic heterocycles. The van der Waals surface area contributed by atoms with Crippen molar-refractivity contribution in [3.8, 4) is 0 Å². The molecular weight excluding hydrogens is 504 g/mol. The number of hydrogen-bond donors (Lipinski definition) is 4. The maximum Gasteiger partial charge on any atom is 0.426 e. The Hall–Kier alpha value is -1.59. The highest BCUT2D eigenvalue weighted by Crippen LogP contribution is 2.59. The van der Waals surface area contributed by atoms with Crippen LogP contribution in [0.1, 0.15) is 71.6 Å². The Labute approximate surface area is 213 Å². The Morgan fingerprint density at radius 1 is 1.08 bits per heavy atom. The Morgan fingerprint density at radius 3 is 2.24 bits per heavy atom. The van der Waals surface area contributed by atoms with Crippen LogP contribution in [0.2, 0.25) is 0 Å². The van der Waals surface area contributed by atoms with Gasteiger partial charge in [0, 0.05) is 6.54 Å². The summed E-state index contributed by atoms with van der Waals surface area (Å²) in [6.45, 7) is 3.91. The Morgan fingerprint density at radius 2 is 1.68 bits per heavy atom. The maximum atomic E-state index is 12.9. The summed E-state index contributed by atoms with van der Waals surface area (Å²) >= 11 is 0. The molecule has 0 aromatic carbocycles. The van der Waals surface area contributed by atoms with Crippen molar-refractivity contribution in [1.82, 2.24) is 5.32 Å². The van der Waals surface area contributed by atoms with Crippen molar-refractivity contribution in [2.75, 3.05) is 6.54 Å². The van der Waals surface area contributed by atoms with Crippen molar-refractivity contribution in [3.05, 3.63) is 23.3 Å². The number of rotatable bonds is 6. The molecule has 0 aliphatic heterocycles. The molecule has 0 aromatic rings. The standard InChI is InChI=1S/C26H37F6NO4/c1-15(14-33-22(36)13-24(37,25(27,28)29)26(30,31)32)20-7-8-21-17(4-3-9-23(20,21)2)6-5-16-10-18(34)12-19(35)11-16/h5-6,15,18-21,34-35,37H,3-4,7-14H2,1-2H3,(H,33,36)/b17-6+/t15-,18-,19-,20-,21?,23-/m1/s1. The minimum absolute atomic E-state index is 0.0868. The molecular formula is C26H37F6NO4. The van der Waals surface area contributed by atoms with E-state index in [0.717, 1.165) is 37.7 Å². The number of aliphatic hydroxyl groups excluding tert-OH is 2. The summed E-state index contributed by atoms with van der Waals surface area (Å²) in [5.41, 5.74) is -2.96. The Bertz CT molecular complexity index is 872. The van der Waals surface area contributed by atoms with E-state index in [1.165, 1.54) is 5.57 Å². The first-order valence-electron chi connectivity index (χ1n) is 12.8. The van der Waals surface area contributed by atoms with Crippen LogP contribution in [0.25, 0.3) is 0 Å². The number of hydrogen-bond acceptors (Lipinski definition) is 4. The van der Waals surface area contributed by atoms with E-state index in [1.54, 1.807) is 0 Å². The van der Waals surface area contributed by atoms with E-state index in [-0.39, 0.29) is 29.7 Å². The molecule has 0 heterocycles. The monoisotopic (exact) mass is 541 g/mol. The van der Waals surface area contributed by atoms with Crippen molar-refractivity contribution in [2.45, 2.75) is 102 Å². The Balaban J connectivity index is 1.65. The summed E-state index contributed by atoms with van der Waals surface area (Å²) in [4.78, 5) is 12.0. The SMILES string of the molecule is C[C@H](CNC(=O)CC(O)(C(F)(F)F)C(F)(F)F)[C@H]1CCC2/C(=C/C=C3C[C@@H](O)C[C@H](O)C3)CCC[C@@]21C. The summed E-state index contributed by atoms with van der Waals surface area (Å²) < 4.78 is 77.5. The third-order valence-corrected chi connectivity index (χ3v) is 8.77. The minimum Gasteiger partial charge on any atom is -0.393 e. The van der Waals surface area contributed by atoms with Crippen molar-refractivity contribution < 1.29 is 46.5 Å². The molecule has 3 saturated carbocycles. The van der Waals surface area contributed by atoms with Gasteiger partial charge in [-0.1, -0.05) is 37.1 Å². The highest BCUT2D eigenvalue weighted by molar-refractivity contribution is 5.77. The third-order valence-electron chi connectivity index (χ3n) is 8.77. The number of nitrogens with one attached hydrogen (secondary N) is 1. The first-order chi connectivity index (χ1) is 17.0. The molecule has 37 heavy (non-hydrogen) atoms. The van der Waals surface area contributed by atoms with Gasteiger partial charge in [-0.15, -0.1) is 0 Å². The molecule has 3 aliphatic carbocycles. The molecule has 5 nitrogen and oxygen atoms in total. The number of halogens is 6. The van der Waals surface area contributed by atoms with Crippen LogP contribution in [0.3, 0.4) is 0 Å². The summed E-state index contributed by atoms with van der Waals surface area (Å²) in [6, 6.07) is 0. The second-order valence-corrected chi connectivity index (χ2v) is 11.4. The number of alkyl halides is 6. The van der Waals surface area contributed by atoms with Gasteiger partial charge >= 0.3 is 12.4 Å². The Kier molecular flexibility index (Phi) is 8.81. The van der Waals surface area contributed by atoms with Crippen molar-refractivity contribution in [1.29, 1.82) is 0 Å². The second kappa shape index (κ2) is 10.9. The van der Waals surface area contributed by atoms with Crippen LogP contribution in [0, 0.1) is 23.2 Å². The highest BCUT2D eigenvalue weighted by atomic mass is 19.4. The zero-order valence-electron chi connectivity index (χ0n) is 21.1. The first-order valence-corrected chi connectivity index (χ1v) is 12.8. The van der Waals surface area contributed by atoms with Gasteiger partial charge < -0.3 is 20.6 Å². The number of carbonyl (C=O) groups is 1. The molecule has 1 unspecified atom stereocenters. The molecule has 3 rings (SSSR count). The molecule has 4 N–H and O–H groups in total. The fraction of sp³-hybridized carbons (Fsp3) is 0.808. The lowest BCUT2D eigenvalue weighted by Crippen LogP contribution is -2.59. The van der Waals surface area contributed by atoms with E-state index in [2.05, 4.69) is 18.3 Å².